The van der Waals surface area contributed by atoms with Gasteiger partial charge in [0.25, 0.3) is 5.91 Å². The average molecular weight is 303 g/mol. The molecule has 0 radical (unpaired) electrons. The van der Waals surface area contributed by atoms with Crippen molar-refractivity contribution in [2.45, 2.75) is 32.2 Å². The molecule has 1 aromatic rings. The van der Waals surface area contributed by atoms with Crippen LogP contribution in [0.25, 0.3) is 0 Å². The Hall–Kier alpha value is -1.88. The van der Waals surface area contributed by atoms with E-state index in [1.165, 1.54) is 0 Å². The number of nitrogens with two attached hydrogens (primary N) is 1. The molecule has 1 heterocycles. The molecule has 5 heteroatoms. The van der Waals surface area contributed by atoms with Gasteiger partial charge in [-0.05, 0) is 37.8 Å². The Kier molecular flexibility index (Phi) is 5.95. The van der Waals surface area contributed by atoms with Crippen molar-refractivity contribution < 1.29 is 9.59 Å². The first-order valence-corrected chi connectivity index (χ1v) is 7.93. The van der Waals surface area contributed by atoms with E-state index in [1.807, 2.05) is 42.2 Å². The molecule has 2 amide bonds. The van der Waals surface area contributed by atoms with Crippen LogP contribution >= 0.6 is 0 Å². The van der Waals surface area contributed by atoms with Crippen molar-refractivity contribution in [3.8, 4) is 0 Å². The van der Waals surface area contributed by atoms with E-state index < -0.39 is 0 Å². The van der Waals surface area contributed by atoms with E-state index in [2.05, 4.69) is 5.32 Å². The Morgan fingerprint density at radius 2 is 1.91 bits per heavy atom. The normalized spacial score (nSPS) is 17.1. The Bertz CT molecular complexity index is 494. The molecule has 1 atom stereocenters. The third kappa shape index (κ3) is 4.84. The summed E-state index contributed by atoms with van der Waals surface area (Å²) in [5, 5.41) is 2.94. The molecule has 1 aliphatic heterocycles. The van der Waals surface area contributed by atoms with Crippen LogP contribution in [0.3, 0.4) is 0 Å². The first kappa shape index (κ1) is 16.5. The summed E-state index contributed by atoms with van der Waals surface area (Å²) in [5.74, 6) is 0.551. The lowest BCUT2D eigenvalue weighted by atomic mass is 9.96. The number of nitrogens with zero attached hydrogens (tertiary/aromatic N) is 1. The van der Waals surface area contributed by atoms with Crippen molar-refractivity contribution in [2.24, 2.45) is 11.7 Å². The predicted molar refractivity (Wildman–Crippen MR) is 86.3 cm³/mol. The molecule has 2 rings (SSSR count). The monoisotopic (exact) mass is 303 g/mol. The van der Waals surface area contributed by atoms with Crippen molar-refractivity contribution in [3.63, 3.8) is 0 Å². The highest BCUT2D eigenvalue weighted by molar-refractivity contribution is 5.94. The second-order valence-corrected chi connectivity index (χ2v) is 6.09. The number of carbonyl (C=O) groups is 2. The average Bonchev–Trinajstić information content (AvgIpc) is 2.53. The van der Waals surface area contributed by atoms with E-state index >= 15 is 0 Å². The zero-order valence-corrected chi connectivity index (χ0v) is 13.1. The number of hydrogen-bond acceptors (Lipinski definition) is 3. The molecule has 1 aromatic carbocycles. The Morgan fingerprint density at radius 1 is 1.27 bits per heavy atom. The van der Waals surface area contributed by atoms with E-state index in [-0.39, 0.29) is 17.9 Å². The fraction of sp³-hybridized carbons (Fsp3) is 0.529. The molecule has 0 saturated carbocycles. The third-order valence-corrected chi connectivity index (χ3v) is 4.02. The minimum Gasteiger partial charge on any atom is -0.356 e. The Labute approximate surface area is 131 Å². The second kappa shape index (κ2) is 7.94. The molecule has 1 saturated heterocycles. The van der Waals surface area contributed by atoms with Crippen LogP contribution in [0.2, 0.25) is 0 Å². The van der Waals surface area contributed by atoms with E-state index in [4.69, 9.17) is 5.73 Å². The van der Waals surface area contributed by atoms with E-state index in [1.54, 1.807) is 0 Å². The quantitative estimate of drug-likeness (QED) is 0.863. The van der Waals surface area contributed by atoms with Gasteiger partial charge in [-0.2, -0.15) is 0 Å². The first-order valence-electron chi connectivity index (χ1n) is 7.93. The number of carbonyl (C=O) groups excluding carboxylic acids is 2. The zero-order chi connectivity index (χ0) is 15.9. The fourth-order valence-corrected chi connectivity index (χ4v) is 2.73. The van der Waals surface area contributed by atoms with Crippen LogP contribution < -0.4 is 11.1 Å². The van der Waals surface area contributed by atoms with Gasteiger partial charge in [0.1, 0.15) is 0 Å². The summed E-state index contributed by atoms with van der Waals surface area (Å²) in [6.45, 7) is 4.01. The van der Waals surface area contributed by atoms with Gasteiger partial charge in [0.05, 0.1) is 0 Å². The highest BCUT2D eigenvalue weighted by atomic mass is 16.2. The van der Waals surface area contributed by atoms with Crippen molar-refractivity contribution in [1.29, 1.82) is 0 Å². The summed E-state index contributed by atoms with van der Waals surface area (Å²) in [6, 6.07) is 9.27. The lowest BCUT2D eigenvalue weighted by molar-refractivity contribution is -0.121. The van der Waals surface area contributed by atoms with E-state index in [9.17, 15) is 9.59 Å². The standard InChI is InChI=1S/C17H25N3O2/c1-13(18)11-16(21)19-12-14-7-9-20(10-8-14)17(22)15-5-3-2-4-6-15/h2-6,13-14H,7-12,18H2,1H3,(H,19,21). The van der Waals surface area contributed by atoms with Crippen molar-refractivity contribution in [1.82, 2.24) is 10.2 Å². The molecule has 5 nitrogen and oxygen atoms in total. The van der Waals surface area contributed by atoms with Crippen LogP contribution in [0, 0.1) is 5.92 Å². The van der Waals surface area contributed by atoms with Gasteiger partial charge in [-0.3, -0.25) is 9.59 Å². The molecule has 3 N–H and O–H groups in total. The summed E-state index contributed by atoms with van der Waals surface area (Å²) in [7, 11) is 0. The van der Waals surface area contributed by atoms with E-state index in [0.717, 1.165) is 31.5 Å². The van der Waals surface area contributed by atoms with Gasteiger partial charge in [0.15, 0.2) is 0 Å². The minimum atomic E-state index is -0.106. The molecule has 0 aliphatic carbocycles. The smallest absolute Gasteiger partial charge is 0.253 e. The van der Waals surface area contributed by atoms with Crippen LogP contribution in [-0.4, -0.2) is 42.4 Å². The maximum Gasteiger partial charge on any atom is 0.253 e. The lowest BCUT2D eigenvalue weighted by Crippen LogP contribution is -2.42. The number of benzene rings is 1. The van der Waals surface area contributed by atoms with Crippen molar-refractivity contribution in [2.75, 3.05) is 19.6 Å². The highest BCUT2D eigenvalue weighted by Crippen LogP contribution is 2.18. The molecule has 0 spiro atoms. The topological polar surface area (TPSA) is 75.4 Å². The summed E-state index contributed by atoms with van der Waals surface area (Å²) >= 11 is 0. The molecule has 120 valence electrons. The molecule has 1 unspecified atom stereocenters. The van der Waals surface area contributed by atoms with Crippen LogP contribution in [0.15, 0.2) is 30.3 Å². The number of hydrogen-bond donors (Lipinski definition) is 2. The molecule has 22 heavy (non-hydrogen) atoms. The SMILES string of the molecule is CC(N)CC(=O)NCC1CCN(C(=O)c2ccccc2)CC1. The molecule has 0 bridgehead atoms. The van der Waals surface area contributed by atoms with Gasteiger partial charge >= 0.3 is 0 Å². The second-order valence-electron chi connectivity index (χ2n) is 6.09. The summed E-state index contributed by atoms with van der Waals surface area (Å²) in [4.78, 5) is 25.8. The fourth-order valence-electron chi connectivity index (χ4n) is 2.73. The van der Waals surface area contributed by atoms with Gasteiger partial charge in [-0.25, -0.2) is 0 Å². The van der Waals surface area contributed by atoms with Gasteiger partial charge in [-0.1, -0.05) is 18.2 Å². The molecule has 1 fully saturated rings. The highest BCUT2D eigenvalue weighted by Gasteiger charge is 2.23. The maximum atomic E-state index is 12.3. The Morgan fingerprint density at radius 3 is 2.50 bits per heavy atom. The number of nitrogens with one attached hydrogen (secondary N) is 1. The number of likely N-dealkylation sites (tertiary alicyclic amines) is 1. The van der Waals surface area contributed by atoms with Crippen LogP contribution in [0.1, 0.15) is 36.5 Å². The summed E-state index contributed by atoms with van der Waals surface area (Å²) in [5.41, 5.74) is 6.35. The molecule has 0 aromatic heterocycles. The summed E-state index contributed by atoms with van der Waals surface area (Å²) < 4.78 is 0. The minimum absolute atomic E-state index is 0.0118. The first-order chi connectivity index (χ1) is 10.6. The van der Waals surface area contributed by atoms with Gasteiger partial charge in [0, 0.05) is 37.7 Å². The number of rotatable bonds is 5. The Balaban J connectivity index is 1.74. The molecular weight excluding hydrogens is 278 g/mol. The molecular formula is C17H25N3O2. The van der Waals surface area contributed by atoms with Crippen LogP contribution in [-0.2, 0) is 4.79 Å². The number of amides is 2. The lowest BCUT2D eigenvalue weighted by Gasteiger charge is -2.32. The largest absolute Gasteiger partial charge is 0.356 e. The van der Waals surface area contributed by atoms with Gasteiger partial charge in [0.2, 0.25) is 5.91 Å². The van der Waals surface area contributed by atoms with Crippen molar-refractivity contribution >= 4 is 11.8 Å². The van der Waals surface area contributed by atoms with Gasteiger partial charge in [-0.15, -0.1) is 0 Å². The summed E-state index contributed by atoms with van der Waals surface area (Å²) in [6.07, 6.45) is 2.22. The van der Waals surface area contributed by atoms with E-state index in [0.29, 0.717) is 18.9 Å². The molecule has 1 aliphatic rings. The maximum absolute atomic E-state index is 12.3. The number of piperidine rings is 1. The van der Waals surface area contributed by atoms with Crippen LogP contribution in [0.5, 0.6) is 0 Å². The predicted octanol–water partition coefficient (Wildman–Crippen LogP) is 1.39. The third-order valence-electron chi connectivity index (χ3n) is 4.02. The van der Waals surface area contributed by atoms with Crippen molar-refractivity contribution in [3.05, 3.63) is 35.9 Å². The van der Waals surface area contributed by atoms with Gasteiger partial charge < -0.3 is 16.0 Å². The van der Waals surface area contributed by atoms with Crippen LogP contribution in [0.4, 0.5) is 0 Å². The zero-order valence-electron chi connectivity index (χ0n) is 13.1.